The van der Waals surface area contributed by atoms with Crippen LogP contribution >= 0.6 is 11.6 Å². The van der Waals surface area contributed by atoms with Crippen molar-refractivity contribution in [2.75, 3.05) is 11.4 Å². The quantitative estimate of drug-likeness (QED) is 0.845. The number of carbonyl (C=O) groups is 2. The van der Waals surface area contributed by atoms with Crippen LogP contribution in [0.2, 0.25) is 5.02 Å². The van der Waals surface area contributed by atoms with Crippen molar-refractivity contribution in [3.8, 4) is 6.07 Å². The molecule has 3 fully saturated rings. The van der Waals surface area contributed by atoms with Crippen molar-refractivity contribution in [2.45, 2.75) is 31.7 Å². The molecule has 5 nitrogen and oxygen atoms in total. The van der Waals surface area contributed by atoms with Gasteiger partial charge in [-0.2, -0.15) is 5.26 Å². The lowest BCUT2D eigenvalue weighted by molar-refractivity contribution is -0.132. The molecule has 25 heavy (non-hydrogen) atoms. The number of nitrogens with zero attached hydrogens (tertiary/aromatic N) is 2. The van der Waals surface area contributed by atoms with E-state index in [1.807, 2.05) is 6.07 Å². The number of hydrogen-bond donors (Lipinski definition) is 1. The summed E-state index contributed by atoms with van der Waals surface area (Å²) in [6.45, 7) is 0.523. The minimum absolute atomic E-state index is 0.0453. The maximum Gasteiger partial charge on any atom is 0.239 e. The highest BCUT2D eigenvalue weighted by Crippen LogP contribution is 2.49. The predicted octanol–water partition coefficient (Wildman–Crippen LogP) is 2.75. The van der Waals surface area contributed by atoms with Crippen LogP contribution in [0.25, 0.3) is 0 Å². The standard InChI is InChI=1S/C19H20ClN3O2/c20-12-2-1-3-13(9-12)23-7-6-15(19(23)25)18(24)22-17-8-11-4-5-14(17)16(11)10-21/h1-3,9,11,14-17H,4-8H2,(H,22,24)/t11-,14-,15-,16?,17+/m0/s1. The summed E-state index contributed by atoms with van der Waals surface area (Å²) in [5.41, 5.74) is 0.734. The molecule has 2 amide bonds. The molecule has 3 aliphatic rings. The summed E-state index contributed by atoms with van der Waals surface area (Å²) < 4.78 is 0. The van der Waals surface area contributed by atoms with E-state index in [4.69, 9.17) is 11.6 Å². The summed E-state index contributed by atoms with van der Waals surface area (Å²) in [6.07, 6.45) is 3.47. The van der Waals surface area contributed by atoms with E-state index >= 15 is 0 Å². The van der Waals surface area contributed by atoms with Crippen molar-refractivity contribution in [3.63, 3.8) is 0 Å². The second-order valence-electron chi connectivity index (χ2n) is 7.32. The summed E-state index contributed by atoms with van der Waals surface area (Å²) in [7, 11) is 0. The Bertz CT molecular complexity index is 759. The number of hydrogen-bond acceptors (Lipinski definition) is 3. The smallest absolute Gasteiger partial charge is 0.239 e. The lowest BCUT2D eigenvalue weighted by Crippen LogP contribution is -2.44. The Labute approximate surface area is 151 Å². The molecule has 6 heteroatoms. The predicted molar refractivity (Wildman–Crippen MR) is 93.8 cm³/mol. The van der Waals surface area contributed by atoms with Crippen molar-refractivity contribution in [1.82, 2.24) is 5.32 Å². The van der Waals surface area contributed by atoms with E-state index < -0.39 is 5.92 Å². The molecule has 0 aromatic heterocycles. The molecule has 1 aliphatic heterocycles. The Morgan fingerprint density at radius 2 is 2.16 bits per heavy atom. The molecule has 1 aromatic carbocycles. The van der Waals surface area contributed by atoms with E-state index in [0.717, 1.165) is 24.9 Å². The molecule has 1 aromatic rings. The number of amides is 2. The lowest BCUT2D eigenvalue weighted by Gasteiger charge is -2.24. The van der Waals surface area contributed by atoms with Gasteiger partial charge in [-0.1, -0.05) is 17.7 Å². The zero-order valence-corrected chi connectivity index (χ0v) is 14.6. The van der Waals surface area contributed by atoms with Crippen LogP contribution in [0.3, 0.4) is 0 Å². The highest BCUT2D eigenvalue weighted by Gasteiger charge is 2.49. The van der Waals surface area contributed by atoms with Gasteiger partial charge in [-0.25, -0.2) is 0 Å². The second-order valence-corrected chi connectivity index (χ2v) is 7.75. The van der Waals surface area contributed by atoms with Crippen LogP contribution in [0, 0.1) is 35.0 Å². The van der Waals surface area contributed by atoms with Crippen molar-refractivity contribution in [2.24, 2.45) is 23.7 Å². The Hall–Kier alpha value is -2.06. The first-order valence-electron chi connectivity index (χ1n) is 8.85. The fraction of sp³-hybridized carbons (Fsp3) is 0.526. The Kier molecular flexibility index (Phi) is 4.16. The van der Waals surface area contributed by atoms with Crippen LogP contribution in [0.15, 0.2) is 24.3 Å². The molecule has 1 unspecified atom stereocenters. The molecule has 4 rings (SSSR count). The van der Waals surface area contributed by atoms with Gasteiger partial charge < -0.3 is 10.2 Å². The summed E-state index contributed by atoms with van der Waals surface area (Å²) in [4.78, 5) is 27.0. The topological polar surface area (TPSA) is 73.2 Å². The highest BCUT2D eigenvalue weighted by molar-refractivity contribution is 6.31. The van der Waals surface area contributed by atoms with Gasteiger partial charge in [0.2, 0.25) is 11.8 Å². The fourth-order valence-corrected chi connectivity index (χ4v) is 4.99. The van der Waals surface area contributed by atoms with Crippen LogP contribution in [0.5, 0.6) is 0 Å². The van der Waals surface area contributed by atoms with Crippen LogP contribution in [-0.2, 0) is 9.59 Å². The second kappa shape index (κ2) is 6.34. The first-order chi connectivity index (χ1) is 12.1. The third kappa shape index (κ3) is 2.79. The minimum atomic E-state index is -0.640. The van der Waals surface area contributed by atoms with Gasteiger partial charge >= 0.3 is 0 Å². The molecular formula is C19H20ClN3O2. The number of carbonyl (C=O) groups excluding carboxylic acids is 2. The fourth-order valence-electron chi connectivity index (χ4n) is 4.81. The molecule has 0 spiro atoms. The lowest BCUT2D eigenvalue weighted by atomic mass is 9.94. The van der Waals surface area contributed by atoms with Crippen LogP contribution in [0.1, 0.15) is 25.7 Å². The molecule has 130 valence electrons. The van der Waals surface area contributed by atoms with E-state index in [0.29, 0.717) is 23.9 Å². The molecule has 2 aliphatic carbocycles. The zero-order valence-electron chi connectivity index (χ0n) is 13.8. The van der Waals surface area contributed by atoms with E-state index in [1.54, 1.807) is 23.1 Å². The molecule has 0 radical (unpaired) electrons. The largest absolute Gasteiger partial charge is 0.352 e. The van der Waals surface area contributed by atoms with Gasteiger partial charge in [0.25, 0.3) is 0 Å². The van der Waals surface area contributed by atoms with E-state index in [2.05, 4.69) is 11.4 Å². The van der Waals surface area contributed by atoms with Crippen molar-refractivity contribution >= 4 is 29.1 Å². The van der Waals surface area contributed by atoms with Crippen molar-refractivity contribution in [3.05, 3.63) is 29.3 Å². The Balaban J connectivity index is 1.42. The molecular weight excluding hydrogens is 338 g/mol. The summed E-state index contributed by atoms with van der Waals surface area (Å²) in [6, 6.07) is 9.58. The molecule has 1 saturated heterocycles. The maximum atomic E-state index is 12.7. The van der Waals surface area contributed by atoms with E-state index in [-0.39, 0.29) is 29.7 Å². The first kappa shape index (κ1) is 16.4. The van der Waals surface area contributed by atoms with Crippen molar-refractivity contribution in [1.29, 1.82) is 5.26 Å². The number of nitrogens with one attached hydrogen (secondary N) is 1. The van der Waals surface area contributed by atoms with Crippen LogP contribution in [-0.4, -0.2) is 24.4 Å². The van der Waals surface area contributed by atoms with Gasteiger partial charge in [-0.05, 0) is 55.7 Å². The highest BCUT2D eigenvalue weighted by atomic mass is 35.5. The van der Waals surface area contributed by atoms with Gasteiger partial charge in [0.05, 0.1) is 12.0 Å². The maximum absolute atomic E-state index is 12.7. The molecule has 1 heterocycles. The molecule has 2 bridgehead atoms. The van der Waals surface area contributed by atoms with Gasteiger partial charge in [0, 0.05) is 23.3 Å². The van der Waals surface area contributed by atoms with Gasteiger partial charge in [-0.3, -0.25) is 9.59 Å². The number of benzene rings is 1. The van der Waals surface area contributed by atoms with Gasteiger partial charge in [0.1, 0.15) is 5.92 Å². The zero-order chi connectivity index (χ0) is 17.6. The minimum Gasteiger partial charge on any atom is -0.352 e. The SMILES string of the molecule is N#CC1[C@H]2CC[C@@H]1[C@H](NC(=O)[C@@H]1CCN(c3cccc(Cl)c3)C1=O)C2. The molecule has 5 atom stereocenters. The Morgan fingerprint density at radius 1 is 1.32 bits per heavy atom. The number of rotatable bonds is 3. The Morgan fingerprint density at radius 3 is 2.88 bits per heavy atom. The number of nitriles is 1. The molecule has 1 N–H and O–H groups in total. The third-order valence-electron chi connectivity index (χ3n) is 6.03. The van der Waals surface area contributed by atoms with Crippen LogP contribution < -0.4 is 10.2 Å². The normalized spacial score (nSPS) is 33.5. The van der Waals surface area contributed by atoms with Crippen LogP contribution in [0.4, 0.5) is 5.69 Å². The summed E-state index contributed by atoms with van der Waals surface area (Å²) >= 11 is 6.00. The molecule has 2 saturated carbocycles. The van der Waals surface area contributed by atoms with Gasteiger partial charge in [0.15, 0.2) is 0 Å². The van der Waals surface area contributed by atoms with Crippen molar-refractivity contribution < 1.29 is 9.59 Å². The number of fused-ring (bicyclic) bond motifs is 2. The summed E-state index contributed by atoms with van der Waals surface area (Å²) in [5.74, 6) is -0.281. The van der Waals surface area contributed by atoms with E-state index in [9.17, 15) is 14.9 Å². The third-order valence-corrected chi connectivity index (χ3v) is 6.27. The van der Waals surface area contributed by atoms with Gasteiger partial charge in [-0.15, -0.1) is 0 Å². The van der Waals surface area contributed by atoms with E-state index in [1.165, 1.54) is 0 Å². The first-order valence-corrected chi connectivity index (χ1v) is 9.23. The monoisotopic (exact) mass is 357 g/mol. The number of halogens is 1. The summed E-state index contributed by atoms with van der Waals surface area (Å²) in [5, 5.41) is 12.9. The average Bonchev–Trinajstić information content (AvgIpc) is 3.26. The average molecular weight is 358 g/mol. The number of anilines is 1.